The van der Waals surface area contributed by atoms with Gasteiger partial charge in [-0.1, -0.05) is 5.92 Å². The SMILES string of the molecule is C#C[C@]1(CO)O[C@@H](n2cnc3c(N)nc(F)nc32)C(O)C1O. The summed E-state index contributed by atoms with van der Waals surface area (Å²) in [6, 6.07) is 0. The lowest BCUT2D eigenvalue weighted by Crippen LogP contribution is -2.44. The fourth-order valence-corrected chi connectivity index (χ4v) is 2.40. The zero-order valence-corrected chi connectivity index (χ0v) is 11.1. The van der Waals surface area contributed by atoms with Gasteiger partial charge in [-0.25, -0.2) is 4.98 Å². The maximum Gasteiger partial charge on any atom is 0.312 e. The number of nitrogens with zero attached hydrogens (tertiary/aromatic N) is 4. The first kappa shape index (κ1) is 14.6. The van der Waals surface area contributed by atoms with Gasteiger partial charge in [0.25, 0.3) is 0 Å². The normalized spacial score (nSPS) is 31.5. The van der Waals surface area contributed by atoms with Gasteiger partial charge in [-0.05, 0) is 0 Å². The molecule has 5 N–H and O–H groups in total. The number of terminal acetylenes is 1. The highest BCUT2D eigenvalue weighted by Crippen LogP contribution is 2.38. The quantitative estimate of drug-likeness (QED) is 0.375. The summed E-state index contributed by atoms with van der Waals surface area (Å²) < 4.78 is 19.9. The van der Waals surface area contributed by atoms with Gasteiger partial charge in [-0.2, -0.15) is 14.4 Å². The Labute approximate surface area is 123 Å². The van der Waals surface area contributed by atoms with Crippen LogP contribution in [-0.2, 0) is 4.74 Å². The van der Waals surface area contributed by atoms with E-state index in [1.807, 2.05) is 0 Å². The smallest absolute Gasteiger partial charge is 0.312 e. The van der Waals surface area contributed by atoms with E-state index >= 15 is 0 Å². The van der Waals surface area contributed by atoms with Crippen LogP contribution < -0.4 is 5.73 Å². The van der Waals surface area contributed by atoms with Crippen molar-refractivity contribution in [2.45, 2.75) is 24.0 Å². The summed E-state index contributed by atoms with van der Waals surface area (Å²) in [5.74, 6) is 1.94. The van der Waals surface area contributed by atoms with Crippen LogP contribution in [0.5, 0.6) is 0 Å². The molecule has 10 heteroatoms. The number of fused-ring (bicyclic) bond motifs is 1. The average molecular weight is 309 g/mol. The second-order valence-corrected chi connectivity index (χ2v) is 4.84. The highest BCUT2D eigenvalue weighted by Gasteiger charge is 2.54. The first-order valence-corrected chi connectivity index (χ1v) is 6.21. The van der Waals surface area contributed by atoms with Gasteiger partial charge in [0.1, 0.15) is 12.2 Å². The van der Waals surface area contributed by atoms with E-state index in [-0.39, 0.29) is 17.0 Å². The molecular formula is C12H12FN5O4. The summed E-state index contributed by atoms with van der Waals surface area (Å²) in [5, 5.41) is 29.5. The molecule has 0 aliphatic carbocycles. The van der Waals surface area contributed by atoms with Crippen LogP contribution in [-0.4, -0.2) is 59.3 Å². The standard InChI is InChI=1S/C12H12FN5O4/c1-2-12(3-19)7(21)6(20)10(22-12)18-4-15-5-8(14)16-11(13)17-9(5)18/h1,4,6-7,10,19-21H,3H2,(H2,14,16,17)/t6?,7?,10-,12-/m1/s1. The number of nitrogens with two attached hydrogens (primary N) is 1. The molecule has 9 nitrogen and oxygen atoms in total. The Hall–Kier alpha value is -2.32. The van der Waals surface area contributed by atoms with Crippen molar-refractivity contribution in [2.24, 2.45) is 0 Å². The molecule has 3 rings (SSSR count). The van der Waals surface area contributed by atoms with Crippen molar-refractivity contribution < 1.29 is 24.4 Å². The molecule has 1 aliphatic rings. The third kappa shape index (κ3) is 1.84. The molecule has 0 amide bonds. The summed E-state index contributed by atoms with van der Waals surface area (Å²) in [7, 11) is 0. The zero-order chi connectivity index (χ0) is 16.1. The van der Waals surface area contributed by atoms with Crippen LogP contribution in [0.1, 0.15) is 6.23 Å². The molecule has 2 aromatic heterocycles. The van der Waals surface area contributed by atoms with E-state index in [2.05, 4.69) is 20.9 Å². The van der Waals surface area contributed by atoms with Crippen LogP contribution in [0.15, 0.2) is 6.33 Å². The molecule has 0 radical (unpaired) electrons. The van der Waals surface area contributed by atoms with Crippen molar-refractivity contribution in [3.63, 3.8) is 0 Å². The highest BCUT2D eigenvalue weighted by atomic mass is 19.1. The molecule has 4 atom stereocenters. The summed E-state index contributed by atoms with van der Waals surface area (Å²) in [5.41, 5.74) is 3.83. The number of nitrogen functional groups attached to an aromatic ring is 1. The zero-order valence-electron chi connectivity index (χ0n) is 11.1. The summed E-state index contributed by atoms with van der Waals surface area (Å²) in [4.78, 5) is 10.8. The van der Waals surface area contributed by atoms with E-state index in [1.165, 1.54) is 10.9 Å². The molecule has 0 aromatic carbocycles. The Balaban J connectivity index is 2.11. The minimum atomic E-state index is -1.78. The van der Waals surface area contributed by atoms with Crippen molar-refractivity contribution >= 4 is 17.0 Å². The molecule has 1 saturated heterocycles. The fourth-order valence-electron chi connectivity index (χ4n) is 2.40. The molecule has 2 unspecified atom stereocenters. The molecule has 1 fully saturated rings. The first-order chi connectivity index (χ1) is 10.4. The number of hydrogen-bond donors (Lipinski definition) is 4. The van der Waals surface area contributed by atoms with Crippen LogP contribution >= 0.6 is 0 Å². The lowest BCUT2D eigenvalue weighted by atomic mass is 9.97. The maximum atomic E-state index is 13.3. The third-order valence-corrected chi connectivity index (χ3v) is 3.60. The van der Waals surface area contributed by atoms with Gasteiger partial charge in [-0.3, -0.25) is 4.57 Å². The van der Waals surface area contributed by atoms with Gasteiger partial charge in [-0.15, -0.1) is 6.42 Å². The van der Waals surface area contributed by atoms with Gasteiger partial charge >= 0.3 is 6.08 Å². The van der Waals surface area contributed by atoms with Crippen molar-refractivity contribution in [3.8, 4) is 12.3 Å². The largest absolute Gasteiger partial charge is 0.392 e. The van der Waals surface area contributed by atoms with Crippen molar-refractivity contribution in [2.75, 3.05) is 12.3 Å². The van der Waals surface area contributed by atoms with Crippen molar-refractivity contribution in [1.82, 2.24) is 19.5 Å². The van der Waals surface area contributed by atoms with E-state index in [4.69, 9.17) is 16.9 Å². The summed E-state index contributed by atoms with van der Waals surface area (Å²) >= 11 is 0. The second kappa shape index (κ2) is 4.85. The lowest BCUT2D eigenvalue weighted by Gasteiger charge is -2.23. The average Bonchev–Trinajstić information content (AvgIpc) is 3.01. The minimum Gasteiger partial charge on any atom is -0.392 e. The molecule has 0 spiro atoms. The second-order valence-electron chi connectivity index (χ2n) is 4.84. The number of anilines is 1. The predicted molar refractivity (Wildman–Crippen MR) is 70.5 cm³/mol. The number of ether oxygens (including phenoxy) is 1. The Morgan fingerprint density at radius 3 is 2.82 bits per heavy atom. The number of aliphatic hydroxyl groups is 3. The van der Waals surface area contributed by atoms with E-state index in [0.29, 0.717) is 0 Å². The summed E-state index contributed by atoms with van der Waals surface area (Å²) in [6.45, 7) is -0.712. The molecule has 3 heterocycles. The minimum absolute atomic E-state index is 0.0352. The van der Waals surface area contributed by atoms with Crippen LogP contribution in [0.3, 0.4) is 0 Å². The molecule has 22 heavy (non-hydrogen) atoms. The topological polar surface area (TPSA) is 140 Å². The van der Waals surface area contributed by atoms with Gasteiger partial charge in [0.15, 0.2) is 28.8 Å². The van der Waals surface area contributed by atoms with E-state index in [1.54, 1.807) is 0 Å². The number of aliphatic hydroxyl groups excluding tert-OH is 3. The number of halogens is 1. The van der Waals surface area contributed by atoms with Crippen LogP contribution in [0.4, 0.5) is 10.2 Å². The molecular weight excluding hydrogens is 297 g/mol. The Morgan fingerprint density at radius 1 is 1.50 bits per heavy atom. The number of hydrogen-bond acceptors (Lipinski definition) is 8. The molecule has 2 aromatic rings. The molecule has 1 aliphatic heterocycles. The monoisotopic (exact) mass is 309 g/mol. The number of aromatic nitrogens is 4. The van der Waals surface area contributed by atoms with Crippen molar-refractivity contribution in [3.05, 3.63) is 12.4 Å². The Kier molecular flexibility index (Phi) is 3.22. The molecule has 0 saturated carbocycles. The summed E-state index contributed by atoms with van der Waals surface area (Å²) in [6.07, 6.45) is 1.13. The van der Waals surface area contributed by atoms with Crippen LogP contribution in [0.2, 0.25) is 0 Å². The van der Waals surface area contributed by atoms with Crippen LogP contribution in [0, 0.1) is 18.4 Å². The number of rotatable bonds is 2. The van der Waals surface area contributed by atoms with Crippen LogP contribution in [0.25, 0.3) is 11.2 Å². The fraction of sp³-hybridized carbons (Fsp3) is 0.417. The first-order valence-electron chi connectivity index (χ1n) is 6.21. The third-order valence-electron chi connectivity index (χ3n) is 3.60. The highest BCUT2D eigenvalue weighted by molar-refractivity contribution is 5.81. The Morgan fingerprint density at radius 2 is 2.23 bits per heavy atom. The van der Waals surface area contributed by atoms with E-state index < -0.39 is 36.7 Å². The van der Waals surface area contributed by atoms with E-state index in [0.717, 1.165) is 0 Å². The van der Waals surface area contributed by atoms with E-state index in [9.17, 15) is 19.7 Å². The van der Waals surface area contributed by atoms with Crippen molar-refractivity contribution in [1.29, 1.82) is 0 Å². The molecule has 0 bridgehead atoms. The van der Waals surface area contributed by atoms with Gasteiger partial charge in [0.2, 0.25) is 0 Å². The maximum absolute atomic E-state index is 13.3. The molecule has 116 valence electrons. The Bertz CT molecular complexity index is 775. The number of imidazole rings is 1. The van der Waals surface area contributed by atoms with Gasteiger partial charge in [0.05, 0.1) is 12.9 Å². The lowest BCUT2D eigenvalue weighted by molar-refractivity contribution is -0.0911. The predicted octanol–water partition coefficient (Wildman–Crippen LogP) is -1.84. The van der Waals surface area contributed by atoms with Gasteiger partial charge in [0, 0.05) is 0 Å². The van der Waals surface area contributed by atoms with Gasteiger partial charge < -0.3 is 25.8 Å².